The summed E-state index contributed by atoms with van der Waals surface area (Å²) in [7, 11) is 0. The predicted molar refractivity (Wildman–Crippen MR) is 67.0 cm³/mol. The molecule has 0 aliphatic heterocycles. The molecule has 0 saturated heterocycles. The molecule has 0 aliphatic carbocycles. The summed E-state index contributed by atoms with van der Waals surface area (Å²) in [6.07, 6.45) is 0.717. The number of nitrogens with one attached hydrogen (secondary N) is 1. The standard InChI is InChI=1S/C12H15BrN2/c1-3-4-5-12(15-14)10-7-6-9(2)8-11(10)13/h6-8,12,15H,5,14H2,1-2H3. The molecule has 1 rings (SSSR count). The van der Waals surface area contributed by atoms with Crippen LogP contribution in [0.25, 0.3) is 0 Å². The summed E-state index contributed by atoms with van der Waals surface area (Å²) in [5.41, 5.74) is 5.15. The Morgan fingerprint density at radius 2 is 2.27 bits per heavy atom. The zero-order valence-electron chi connectivity index (χ0n) is 8.97. The largest absolute Gasteiger partial charge is 0.271 e. The normalized spacial score (nSPS) is 11.7. The van der Waals surface area contributed by atoms with Crippen LogP contribution in [0.3, 0.4) is 0 Å². The Labute approximate surface area is 99.3 Å². The number of halogens is 1. The molecular weight excluding hydrogens is 252 g/mol. The lowest BCUT2D eigenvalue weighted by Gasteiger charge is -2.15. The van der Waals surface area contributed by atoms with Gasteiger partial charge in [-0.15, -0.1) is 11.8 Å². The monoisotopic (exact) mass is 266 g/mol. The van der Waals surface area contributed by atoms with E-state index in [1.165, 1.54) is 5.56 Å². The summed E-state index contributed by atoms with van der Waals surface area (Å²) in [6.45, 7) is 3.89. The van der Waals surface area contributed by atoms with E-state index in [1.54, 1.807) is 0 Å². The van der Waals surface area contributed by atoms with E-state index in [9.17, 15) is 0 Å². The molecule has 0 fully saturated rings. The lowest BCUT2D eigenvalue weighted by atomic mass is 10.0. The molecule has 15 heavy (non-hydrogen) atoms. The maximum atomic E-state index is 5.51. The van der Waals surface area contributed by atoms with Gasteiger partial charge in [-0.1, -0.05) is 28.1 Å². The van der Waals surface area contributed by atoms with Crippen LogP contribution in [0.5, 0.6) is 0 Å². The van der Waals surface area contributed by atoms with E-state index in [-0.39, 0.29) is 6.04 Å². The van der Waals surface area contributed by atoms with Crippen molar-refractivity contribution in [3.63, 3.8) is 0 Å². The molecule has 2 nitrogen and oxygen atoms in total. The average molecular weight is 267 g/mol. The maximum absolute atomic E-state index is 5.51. The number of rotatable bonds is 3. The first-order valence-electron chi connectivity index (χ1n) is 4.80. The first-order valence-corrected chi connectivity index (χ1v) is 5.60. The highest BCUT2D eigenvalue weighted by atomic mass is 79.9. The molecule has 0 saturated carbocycles. The molecule has 0 spiro atoms. The molecule has 1 aromatic rings. The molecule has 0 bridgehead atoms. The van der Waals surface area contributed by atoms with Crippen molar-refractivity contribution < 1.29 is 0 Å². The zero-order valence-corrected chi connectivity index (χ0v) is 10.6. The highest BCUT2D eigenvalue weighted by Crippen LogP contribution is 2.25. The van der Waals surface area contributed by atoms with E-state index in [1.807, 2.05) is 6.92 Å². The highest BCUT2D eigenvalue weighted by Gasteiger charge is 2.11. The van der Waals surface area contributed by atoms with Crippen LogP contribution in [0, 0.1) is 18.8 Å². The van der Waals surface area contributed by atoms with E-state index >= 15 is 0 Å². The van der Waals surface area contributed by atoms with Crippen molar-refractivity contribution in [2.45, 2.75) is 26.3 Å². The molecule has 1 aromatic carbocycles. The summed E-state index contributed by atoms with van der Waals surface area (Å²) in [4.78, 5) is 0. The quantitative estimate of drug-likeness (QED) is 0.502. The van der Waals surface area contributed by atoms with Gasteiger partial charge in [0.15, 0.2) is 0 Å². The van der Waals surface area contributed by atoms with Crippen LogP contribution < -0.4 is 11.3 Å². The number of aryl methyl sites for hydroxylation is 1. The second-order valence-electron chi connectivity index (χ2n) is 3.38. The van der Waals surface area contributed by atoms with Gasteiger partial charge < -0.3 is 0 Å². The summed E-state index contributed by atoms with van der Waals surface area (Å²) in [5.74, 6) is 11.4. The highest BCUT2D eigenvalue weighted by molar-refractivity contribution is 9.10. The lowest BCUT2D eigenvalue weighted by Crippen LogP contribution is -2.28. The van der Waals surface area contributed by atoms with Gasteiger partial charge in [-0.05, 0) is 31.0 Å². The van der Waals surface area contributed by atoms with Gasteiger partial charge in [0.25, 0.3) is 0 Å². The summed E-state index contributed by atoms with van der Waals surface area (Å²) in [5, 5.41) is 0. The Morgan fingerprint density at radius 1 is 1.53 bits per heavy atom. The first kappa shape index (κ1) is 12.3. The molecule has 1 atom stereocenters. The van der Waals surface area contributed by atoms with E-state index in [0.29, 0.717) is 6.42 Å². The van der Waals surface area contributed by atoms with Crippen molar-refractivity contribution >= 4 is 15.9 Å². The van der Waals surface area contributed by atoms with E-state index in [2.05, 4.69) is 58.3 Å². The Hall–Kier alpha value is -0.820. The Balaban J connectivity index is 2.94. The van der Waals surface area contributed by atoms with Gasteiger partial charge in [-0.2, -0.15) is 0 Å². The number of nitrogens with two attached hydrogens (primary N) is 1. The van der Waals surface area contributed by atoms with Crippen LogP contribution in [0.2, 0.25) is 0 Å². The topological polar surface area (TPSA) is 38.0 Å². The number of benzene rings is 1. The minimum absolute atomic E-state index is 0.0763. The second kappa shape index (κ2) is 5.92. The molecule has 3 heteroatoms. The smallest absolute Gasteiger partial charge is 0.0580 e. The van der Waals surface area contributed by atoms with Crippen LogP contribution in [0.1, 0.15) is 30.5 Å². The molecule has 0 aromatic heterocycles. The Kier molecular flexibility index (Phi) is 4.83. The van der Waals surface area contributed by atoms with Crippen LogP contribution >= 0.6 is 15.9 Å². The fourth-order valence-corrected chi connectivity index (χ4v) is 2.15. The lowest BCUT2D eigenvalue weighted by molar-refractivity contribution is 0.566. The predicted octanol–water partition coefficient (Wildman–Crippen LogP) is 2.68. The van der Waals surface area contributed by atoms with E-state index in [0.717, 1.165) is 10.0 Å². The molecule has 1 unspecified atom stereocenters. The third-order valence-corrected chi connectivity index (χ3v) is 2.90. The molecule has 0 radical (unpaired) electrons. The van der Waals surface area contributed by atoms with Gasteiger partial charge in [-0.3, -0.25) is 11.3 Å². The third kappa shape index (κ3) is 3.35. The maximum Gasteiger partial charge on any atom is 0.0580 e. The third-order valence-electron chi connectivity index (χ3n) is 2.22. The fourth-order valence-electron chi connectivity index (χ4n) is 1.38. The van der Waals surface area contributed by atoms with Gasteiger partial charge in [0.2, 0.25) is 0 Å². The molecule has 0 amide bonds. The Morgan fingerprint density at radius 3 is 2.80 bits per heavy atom. The van der Waals surface area contributed by atoms with Gasteiger partial charge >= 0.3 is 0 Å². The molecular formula is C12H15BrN2. The van der Waals surface area contributed by atoms with E-state index in [4.69, 9.17) is 5.84 Å². The van der Waals surface area contributed by atoms with Crippen LogP contribution in [0.15, 0.2) is 22.7 Å². The zero-order chi connectivity index (χ0) is 11.3. The van der Waals surface area contributed by atoms with Crippen molar-refractivity contribution in [2.24, 2.45) is 5.84 Å². The van der Waals surface area contributed by atoms with Crippen molar-refractivity contribution in [1.29, 1.82) is 0 Å². The molecule has 80 valence electrons. The number of hydrazine groups is 1. The molecule has 0 aliphatic rings. The summed E-state index contributed by atoms with van der Waals surface area (Å²) >= 11 is 3.54. The van der Waals surface area contributed by atoms with Gasteiger partial charge in [-0.25, -0.2) is 0 Å². The SMILES string of the molecule is CC#CCC(NN)c1ccc(C)cc1Br. The van der Waals surface area contributed by atoms with Crippen LogP contribution in [0.4, 0.5) is 0 Å². The second-order valence-corrected chi connectivity index (χ2v) is 4.23. The summed E-state index contributed by atoms with van der Waals surface area (Å²) < 4.78 is 1.07. The Bertz CT molecular complexity index is 390. The number of hydrogen-bond acceptors (Lipinski definition) is 2. The van der Waals surface area contributed by atoms with Gasteiger partial charge in [0.05, 0.1) is 6.04 Å². The van der Waals surface area contributed by atoms with Crippen LogP contribution in [-0.4, -0.2) is 0 Å². The molecule has 3 N–H and O–H groups in total. The van der Waals surface area contributed by atoms with Crippen molar-refractivity contribution in [1.82, 2.24) is 5.43 Å². The number of hydrogen-bond donors (Lipinski definition) is 2. The minimum Gasteiger partial charge on any atom is -0.271 e. The van der Waals surface area contributed by atoms with Gasteiger partial charge in [0.1, 0.15) is 0 Å². The first-order chi connectivity index (χ1) is 7.19. The summed E-state index contributed by atoms with van der Waals surface area (Å²) in [6, 6.07) is 6.30. The van der Waals surface area contributed by atoms with Crippen molar-refractivity contribution in [2.75, 3.05) is 0 Å². The minimum atomic E-state index is 0.0763. The molecule has 0 heterocycles. The van der Waals surface area contributed by atoms with Gasteiger partial charge in [0, 0.05) is 10.9 Å². The van der Waals surface area contributed by atoms with Crippen molar-refractivity contribution in [3.05, 3.63) is 33.8 Å². The van der Waals surface area contributed by atoms with E-state index < -0.39 is 0 Å². The average Bonchev–Trinajstić information content (AvgIpc) is 2.21. The fraction of sp³-hybridized carbons (Fsp3) is 0.333. The van der Waals surface area contributed by atoms with Crippen LogP contribution in [-0.2, 0) is 0 Å². The van der Waals surface area contributed by atoms with Crippen molar-refractivity contribution in [3.8, 4) is 11.8 Å².